The molecule has 0 amide bonds. The number of benzene rings is 2. The van der Waals surface area contributed by atoms with Gasteiger partial charge in [-0.1, -0.05) is 58.7 Å². The van der Waals surface area contributed by atoms with Crippen LogP contribution in [0.2, 0.25) is 0 Å². The summed E-state index contributed by atoms with van der Waals surface area (Å²) in [4.78, 5) is 0. The predicted molar refractivity (Wildman–Crippen MR) is 108 cm³/mol. The van der Waals surface area contributed by atoms with Gasteiger partial charge >= 0.3 is 0 Å². The molecule has 1 aliphatic heterocycles. The highest BCUT2D eigenvalue weighted by molar-refractivity contribution is 5.85. The van der Waals surface area contributed by atoms with Crippen LogP contribution in [0, 0.1) is 27.7 Å². The lowest BCUT2D eigenvalue weighted by molar-refractivity contribution is 0.0657. The maximum atomic E-state index is 6.46. The van der Waals surface area contributed by atoms with Crippen molar-refractivity contribution in [3.63, 3.8) is 0 Å². The van der Waals surface area contributed by atoms with E-state index in [2.05, 4.69) is 69.4 Å². The van der Waals surface area contributed by atoms with Crippen LogP contribution >= 0.6 is 12.4 Å². The molecular weight excluding hydrogens is 330 g/mol. The van der Waals surface area contributed by atoms with Gasteiger partial charge in [-0.25, -0.2) is 0 Å². The van der Waals surface area contributed by atoms with Crippen LogP contribution in [-0.2, 0) is 4.74 Å². The van der Waals surface area contributed by atoms with Crippen LogP contribution in [0.25, 0.3) is 0 Å². The molecule has 1 saturated heterocycles. The molecule has 0 radical (unpaired) electrons. The third-order valence-corrected chi connectivity index (χ3v) is 4.72. The number of rotatable bonds is 5. The van der Waals surface area contributed by atoms with E-state index in [1.165, 1.54) is 46.2 Å². The molecule has 25 heavy (non-hydrogen) atoms. The van der Waals surface area contributed by atoms with E-state index in [-0.39, 0.29) is 18.5 Å². The Kier molecular flexibility index (Phi) is 7.06. The van der Waals surface area contributed by atoms with Gasteiger partial charge in [-0.05, 0) is 58.2 Å². The highest BCUT2D eigenvalue weighted by Crippen LogP contribution is 2.29. The molecule has 0 saturated carbocycles. The van der Waals surface area contributed by atoms with E-state index < -0.39 is 0 Å². The van der Waals surface area contributed by atoms with Crippen molar-refractivity contribution in [2.75, 3.05) is 13.2 Å². The molecule has 0 unspecified atom stereocenters. The maximum Gasteiger partial charge on any atom is 0.108 e. The van der Waals surface area contributed by atoms with Crippen LogP contribution in [-0.4, -0.2) is 19.2 Å². The number of halogens is 1. The van der Waals surface area contributed by atoms with Gasteiger partial charge in [-0.3, -0.25) is 0 Å². The molecule has 0 aliphatic carbocycles. The van der Waals surface area contributed by atoms with Crippen LogP contribution < -0.4 is 5.32 Å². The van der Waals surface area contributed by atoms with E-state index in [0.29, 0.717) is 6.04 Å². The summed E-state index contributed by atoms with van der Waals surface area (Å²) in [7, 11) is 0. The van der Waals surface area contributed by atoms with Crippen molar-refractivity contribution >= 4 is 12.4 Å². The predicted octanol–water partition coefficient (Wildman–Crippen LogP) is 5.20. The first-order valence-corrected chi connectivity index (χ1v) is 9.02. The first-order chi connectivity index (χ1) is 11.5. The summed E-state index contributed by atoms with van der Waals surface area (Å²) < 4.78 is 6.46. The zero-order valence-electron chi connectivity index (χ0n) is 15.8. The quantitative estimate of drug-likeness (QED) is 0.792. The molecular formula is C22H30ClNO. The average Bonchev–Trinajstić information content (AvgIpc) is 2.99. The fraction of sp³-hybridized carbons (Fsp3) is 0.455. The summed E-state index contributed by atoms with van der Waals surface area (Å²) >= 11 is 0. The normalized spacial score (nSPS) is 16.9. The number of aryl methyl sites for hydroxylation is 4. The second-order valence-electron chi connectivity index (χ2n) is 7.35. The van der Waals surface area contributed by atoms with Crippen LogP contribution in [0.4, 0.5) is 0 Å². The number of hydrogen-bond donors (Lipinski definition) is 1. The lowest BCUT2D eigenvalue weighted by Crippen LogP contribution is -2.28. The Morgan fingerprint density at radius 2 is 1.36 bits per heavy atom. The Morgan fingerprint density at radius 3 is 1.76 bits per heavy atom. The third kappa shape index (κ3) is 5.31. The summed E-state index contributed by atoms with van der Waals surface area (Å²) in [5, 5.41) is 3.54. The lowest BCUT2D eigenvalue weighted by Gasteiger charge is -2.23. The van der Waals surface area contributed by atoms with Gasteiger partial charge in [0.15, 0.2) is 0 Å². The molecule has 3 rings (SSSR count). The van der Waals surface area contributed by atoms with Gasteiger partial charge in [0, 0.05) is 6.04 Å². The van der Waals surface area contributed by atoms with Crippen molar-refractivity contribution in [3.8, 4) is 0 Å². The second-order valence-corrected chi connectivity index (χ2v) is 7.35. The second kappa shape index (κ2) is 8.84. The van der Waals surface area contributed by atoms with Crippen molar-refractivity contribution in [3.05, 3.63) is 69.8 Å². The zero-order valence-corrected chi connectivity index (χ0v) is 16.6. The third-order valence-electron chi connectivity index (χ3n) is 4.72. The Morgan fingerprint density at radius 1 is 0.880 bits per heavy atom. The summed E-state index contributed by atoms with van der Waals surface area (Å²) in [5.41, 5.74) is 7.69. The lowest BCUT2D eigenvalue weighted by atomic mass is 9.95. The average molecular weight is 360 g/mol. The summed E-state index contributed by atoms with van der Waals surface area (Å²) in [6.07, 6.45) is 2.47. The smallest absolute Gasteiger partial charge is 0.108 e. The first kappa shape index (κ1) is 20.0. The fourth-order valence-electron chi connectivity index (χ4n) is 3.82. The van der Waals surface area contributed by atoms with Gasteiger partial charge in [-0.15, -0.1) is 12.4 Å². The van der Waals surface area contributed by atoms with Crippen LogP contribution in [0.15, 0.2) is 36.4 Å². The van der Waals surface area contributed by atoms with Crippen molar-refractivity contribution in [1.29, 1.82) is 0 Å². The molecule has 1 atom stereocenters. The van der Waals surface area contributed by atoms with Gasteiger partial charge in [-0.2, -0.15) is 0 Å². The standard InChI is InChI=1S/C22H29NO.ClH/c1-15-8-16(2)11-19(10-15)22(24-14-21-6-5-7-23-21)20-12-17(3)9-18(4)13-20;/h8-13,21-23H,5-7,14H2,1-4H3;1H/t21-;/m0./s1. The fourth-order valence-corrected chi connectivity index (χ4v) is 3.82. The highest BCUT2D eigenvalue weighted by Gasteiger charge is 2.20. The Hall–Kier alpha value is -1.35. The molecule has 136 valence electrons. The molecule has 3 heteroatoms. The molecule has 0 spiro atoms. The van der Waals surface area contributed by atoms with Crippen LogP contribution in [0.3, 0.4) is 0 Å². The molecule has 1 fully saturated rings. The Bertz CT molecular complexity index is 615. The molecule has 1 aliphatic rings. The zero-order chi connectivity index (χ0) is 17.1. The van der Waals surface area contributed by atoms with Gasteiger partial charge < -0.3 is 10.1 Å². The minimum atomic E-state index is 0. The largest absolute Gasteiger partial charge is 0.367 e. The molecule has 2 nitrogen and oxygen atoms in total. The van der Waals surface area contributed by atoms with E-state index in [1.54, 1.807) is 0 Å². The van der Waals surface area contributed by atoms with E-state index in [1.807, 2.05) is 0 Å². The van der Waals surface area contributed by atoms with E-state index >= 15 is 0 Å². The minimum Gasteiger partial charge on any atom is -0.367 e. The molecule has 1 N–H and O–H groups in total. The van der Waals surface area contributed by atoms with E-state index in [0.717, 1.165) is 13.2 Å². The first-order valence-electron chi connectivity index (χ1n) is 9.02. The van der Waals surface area contributed by atoms with Gasteiger partial charge in [0.2, 0.25) is 0 Å². The maximum absolute atomic E-state index is 6.46. The molecule has 2 aromatic carbocycles. The number of hydrogen-bond acceptors (Lipinski definition) is 2. The monoisotopic (exact) mass is 359 g/mol. The number of nitrogens with one attached hydrogen (secondary N) is 1. The Balaban J connectivity index is 0.00000225. The van der Waals surface area contributed by atoms with Gasteiger partial charge in [0.1, 0.15) is 6.10 Å². The molecule has 0 aromatic heterocycles. The summed E-state index contributed by atoms with van der Waals surface area (Å²) in [6.45, 7) is 10.5. The SMILES string of the molecule is Cc1cc(C)cc(C(OC[C@@H]2CCCN2)c2cc(C)cc(C)c2)c1.Cl. The van der Waals surface area contributed by atoms with Crippen LogP contribution in [0.5, 0.6) is 0 Å². The molecule has 2 aromatic rings. The topological polar surface area (TPSA) is 21.3 Å². The van der Waals surface area contributed by atoms with Crippen molar-refractivity contribution in [2.45, 2.75) is 52.7 Å². The summed E-state index contributed by atoms with van der Waals surface area (Å²) in [5.74, 6) is 0. The van der Waals surface area contributed by atoms with E-state index in [4.69, 9.17) is 4.74 Å². The number of ether oxygens (including phenoxy) is 1. The van der Waals surface area contributed by atoms with E-state index in [9.17, 15) is 0 Å². The summed E-state index contributed by atoms with van der Waals surface area (Å²) in [6, 6.07) is 14.0. The highest BCUT2D eigenvalue weighted by atomic mass is 35.5. The molecule has 0 bridgehead atoms. The Labute approximate surface area is 158 Å². The van der Waals surface area contributed by atoms with Crippen molar-refractivity contribution < 1.29 is 4.74 Å². The van der Waals surface area contributed by atoms with Crippen LogP contribution in [0.1, 0.15) is 52.3 Å². The van der Waals surface area contributed by atoms with Crippen molar-refractivity contribution in [1.82, 2.24) is 5.32 Å². The minimum absolute atomic E-state index is 0. The molecule has 1 heterocycles. The van der Waals surface area contributed by atoms with Gasteiger partial charge in [0.25, 0.3) is 0 Å². The van der Waals surface area contributed by atoms with Gasteiger partial charge in [0.05, 0.1) is 6.61 Å². The van der Waals surface area contributed by atoms with Crippen molar-refractivity contribution in [2.24, 2.45) is 0 Å².